The van der Waals surface area contributed by atoms with E-state index in [1.807, 2.05) is 42.6 Å². The number of hydrogen-bond donors (Lipinski definition) is 1. The van der Waals surface area contributed by atoms with Gasteiger partial charge in [0.05, 0.1) is 29.7 Å². The topological polar surface area (TPSA) is 89.8 Å². The maximum absolute atomic E-state index is 9.45. The van der Waals surface area contributed by atoms with Crippen LogP contribution in [0.2, 0.25) is 0 Å². The fourth-order valence-corrected chi connectivity index (χ4v) is 3.13. The number of hydrogen-bond acceptors (Lipinski definition) is 5. The van der Waals surface area contributed by atoms with Gasteiger partial charge in [0, 0.05) is 24.3 Å². The standard InChI is InChI=1S/C19H17N5O/c20-9-17-16(13-6-7-25-12-13)8-18(23-19(17)21)14-10-22-24(11-14)15-4-2-1-3-5-15/h1-5,8,10-11,13H,6-7,12H2,(H2,21,23). The summed E-state index contributed by atoms with van der Waals surface area (Å²) >= 11 is 0. The molecule has 1 unspecified atom stereocenters. The minimum atomic E-state index is 0.183. The summed E-state index contributed by atoms with van der Waals surface area (Å²) in [7, 11) is 0. The predicted octanol–water partition coefficient (Wildman–Crippen LogP) is 2.89. The van der Waals surface area contributed by atoms with Crippen LogP contribution in [0.25, 0.3) is 16.9 Å². The molecular formula is C19H17N5O. The molecule has 3 aromatic rings. The van der Waals surface area contributed by atoms with Gasteiger partial charge in [-0.2, -0.15) is 10.4 Å². The molecule has 0 bridgehead atoms. The fraction of sp³-hybridized carbons (Fsp3) is 0.211. The van der Waals surface area contributed by atoms with Crippen LogP contribution in [0, 0.1) is 11.3 Å². The number of aromatic nitrogens is 3. The van der Waals surface area contributed by atoms with Crippen molar-refractivity contribution >= 4 is 5.82 Å². The van der Waals surface area contributed by atoms with Crippen molar-refractivity contribution in [2.75, 3.05) is 18.9 Å². The van der Waals surface area contributed by atoms with E-state index in [4.69, 9.17) is 10.5 Å². The molecule has 0 radical (unpaired) electrons. The smallest absolute Gasteiger partial charge is 0.142 e. The van der Waals surface area contributed by atoms with Gasteiger partial charge in [-0.25, -0.2) is 9.67 Å². The normalized spacial score (nSPS) is 16.7. The number of nitriles is 1. The highest BCUT2D eigenvalue weighted by molar-refractivity contribution is 5.66. The molecule has 1 atom stereocenters. The Morgan fingerprint density at radius 2 is 2.12 bits per heavy atom. The highest BCUT2D eigenvalue weighted by Gasteiger charge is 2.24. The molecule has 25 heavy (non-hydrogen) atoms. The van der Waals surface area contributed by atoms with Gasteiger partial charge in [-0.05, 0) is 30.2 Å². The first-order chi connectivity index (χ1) is 12.3. The molecule has 1 aromatic carbocycles. The van der Waals surface area contributed by atoms with Gasteiger partial charge in [0.2, 0.25) is 0 Å². The van der Waals surface area contributed by atoms with Crippen LogP contribution in [-0.2, 0) is 4.74 Å². The zero-order chi connectivity index (χ0) is 17.2. The molecule has 6 nitrogen and oxygen atoms in total. The molecule has 2 aromatic heterocycles. The van der Waals surface area contributed by atoms with Crippen molar-refractivity contribution < 1.29 is 4.74 Å². The van der Waals surface area contributed by atoms with E-state index >= 15 is 0 Å². The Hall–Kier alpha value is -3.17. The van der Waals surface area contributed by atoms with Gasteiger partial charge in [-0.3, -0.25) is 0 Å². The lowest BCUT2D eigenvalue weighted by atomic mass is 9.93. The van der Waals surface area contributed by atoms with Crippen LogP contribution in [0.5, 0.6) is 0 Å². The van der Waals surface area contributed by atoms with Crippen molar-refractivity contribution in [3.05, 3.63) is 59.9 Å². The van der Waals surface area contributed by atoms with Crippen molar-refractivity contribution in [3.8, 4) is 23.0 Å². The first kappa shape index (κ1) is 15.4. The average Bonchev–Trinajstić information content (AvgIpc) is 3.34. The third-order valence-corrected chi connectivity index (χ3v) is 4.46. The Morgan fingerprint density at radius 3 is 2.84 bits per heavy atom. The van der Waals surface area contributed by atoms with Crippen LogP contribution in [0.15, 0.2) is 48.8 Å². The molecule has 0 aliphatic carbocycles. The molecule has 2 N–H and O–H groups in total. The quantitative estimate of drug-likeness (QED) is 0.797. The van der Waals surface area contributed by atoms with Crippen molar-refractivity contribution in [1.82, 2.24) is 14.8 Å². The zero-order valence-electron chi connectivity index (χ0n) is 13.6. The number of rotatable bonds is 3. The lowest BCUT2D eigenvalue weighted by Crippen LogP contribution is -2.06. The Labute approximate surface area is 145 Å². The van der Waals surface area contributed by atoms with Gasteiger partial charge >= 0.3 is 0 Å². The van der Waals surface area contributed by atoms with E-state index < -0.39 is 0 Å². The van der Waals surface area contributed by atoms with E-state index in [0.29, 0.717) is 18.8 Å². The van der Waals surface area contributed by atoms with Crippen molar-refractivity contribution in [2.24, 2.45) is 0 Å². The number of para-hydroxylation sites is 1. The first-order valence-corrected chi connectivity index (χ1v) is 8.15. The first-order valence-electron chi connectivity index (χ1n) is 8.15. The van der Waals surface area contributed by atoms with Crippen molar-refractivity contribution in [3.63, 3.8) is 0 Å². The Balaban J connectivity index is 1.76. The third kappa shape index (κ3) is 2.86. The average molecular weight is 331 g/mol. The summed E-state index contributed by atoms with van der Waals surface area (Å²) in [6.45, 7) is 1.32. The highest BCUT2D eigenvalue weighted by atomic mass is 16.5. The molecule has 124 valence electrons. The highest BCUT2D eigenvalue weighted by Crippen LogP contribution is 2.33. The molecule has 3 heterocycles. The number of ether oxygens (including phenoxy) is 1. The van der Waals surface area contributed by atoms with Crippen LogP contribution in [-0.4, -0.2) is 28.0 Å². The van der Waals surface area contributed by atoms with Gasteiger partial charge in [0.1, 0.15) is 11.9 Å². The molecule has 6 heteroatoms. The van der Waals surface area contributed by atoms with Crippen LogP contribution < -0.4 is 5.73 Å². The van der Waals surface area contributed by atoms with Gasteiger partial charge < -0.3 is 10.5 Å². The number of nitrogen functional groups attached to an aromatic ring is 1. The number of nitrogens with two attached hydrogens (primary N) is 1. The molecule has 1 aliphatic heterocycles. The van der Waals surface area contributed by atoms with Crippen LogP contribution >= 0.6 is 0 Å². The zero-order valence-corrected chi connectivity index (χ0v) is 13.6. The molecule has 1 aliphatic rings. The lowest BCUT2D eigenvalue weighted by Gasteiger charge is -2.13. The number of nitrogens with zero attached hydrogens (tertiary/aromatic N) is 4. The molecular weight excluding hydrogens is 314 g/mol. The van der Waals surface area contributed by atoms with E-state index in [1.54, 1.807) is 10.9 Å². The second-order valence-corrected chi connectivity index (χ2v) is 6.04. The summed E-state index contributed by atoms with van der Waals surface area (Å²) in [5, 5.41) is 13.9. The Kier molecular flexibility index (Phi) is 3.92. The summed E-state index contributed by atoms with van der Waals surface area (Å²) in [6.07, 6.45) is 4.56. The summed E-state index contributed by atoms with van der Waals surface area (Å²) < 4.78 is 7.27. The summed E-state index contributed by atoms with van der Waals surface area (Å²) in [5.74, 6) is 0.442. The number of anilines is 1. The Bertz CT molecular complexity index is 936. The third-order valence-electron chi connectivity index (χ3n) is 4.46. The molecule has 4 rings (SSSR count). The molecule has 0 saturated carbocycles. The largest absolute Gasteiger partial charge is 0.383 e. The summed E-state index contributed by atoms with van der Waals surface area (Å²) in [6, 6.07) is 14.0. The van der Waals surface area contributed by atoms with Gasteiger partial charge in [-0.1, -0.05) is 18.2 Å². The van der Waals surface area contributed by atoms with Crippen molar-refractivity contribution in [1.29, 1.82) is 5.26 Å². The van der Waals surface area contributed by atoms with Crippen molar-refractivity contribution in [2.45, 2.75) is 12.3 Å². The number of pyridine rings is 1. The molecule has 0 spiro atoms. The SMILES string of the molecule is N#Cc1c(C2CCOC2)cc(-c2cnn(-c3ccccc3)c2)nc1N. The molecule has 0 amide bonds. The van der Waals surface area contributed by atoms with Crippen LogP contribution in [0.4, 0.5) is 5.82 Å². The molecule has 1 fully saturated rings. The van der Waals surface area contributed by atoms with E-state index in [-0.39, 0.29) is 11.7 Å². The van der Waals surface area contributed by atoms with Gasteiger partial charge in [-0.15, -0.1) is 0 Å². The van der Waals surface area contributed by atoms with E-state index in [2.05, 4.69) is 16.2 Å². The van der Waals surface area contributed by atoms with Gasteiger partial charge in [0.15, 0.2) is 0 Å². The summed E-state index contributed by atoms with van der Waals surface area (Å²) in [5.41, 5.74) is 9.98. The minimum absolute atomic E-state index is 0.183. The van der Waals surface area contributed by atoms with E-state index in [1.165, 1.54) is 0 Å². The second kappa shape index (κ2) is 6.38. The fourth-order valence-electron chi connectivity index (χ4n) is 3.13. The maximum atomic E-state index is 9.45. The Morgan fingerprint density at radius 1 is 1.28 bits per heavy atom. The van der Waals surface area contributed by atoms with Crippen LogP contribution in [0.3, 0.4) is 0 Å². The number of benzene rings is 1. The minimum Gasteiger partial charge on any atom is -0.383 e. The van der Waals surface area contributed by atoms with Crippen LogP contribution in [0.1, 0.15) is 23.5 Å². The maximum Gasteiger partial charge on any atom is 0.142 e. The molecule has 1 saturated heterocycles. The van der Waals surface area contributed by atoms with Gasteiger partial charge in [0.25, 0.3) is 0 Å². The lowest BCUT2D eigenvalue weighted by molar-refractivity contribution is 0.194. The summed E-state index contributed by atoms with van der Waals surface area (Å²) in [4.78, 5) is 4.41. The van der Waals surface area contributed by atoms with E-state index in [9.17, 15) is 5.26 Å². The monoisotopic (exact) mass is 331 g/mol. The predicted molar refractivity (Wildman–Crippen MR) is 94.1 cm³/mol. The van der Waals surface area contributed by atoms with E-state index in [0.717, 1.165) is 28.9 Å². The second-order valence-electron chi connectivity index (χ2n) is 6.04.